The monoisotopic (exact) mass is 447 g/mol. The molecule has 12 heteroatoms. The van der Waals surface area contributed by atoms with E-state index >= 15 is 0 Å². The molecule has 0 radical (unpaired) electrons. The lowest BCUT2D eigenvalue weighted by molar-refractivity contribution is -0.137. The minimum atomic E-state index is -4.57. The Labute approximate surface area is 178 Å². The Morgan fingerprint density at radius 2 is 1.81 bits per heavy atom. The van der Waals surface area contributed by atoms with Crippen molar-refractivity contribution in [3.05, 3.63) is 65.3 Å². The molecule has 31 heavy (non-hydrogen) atoms. The van der Waals surface area contributed by atoms with Crippen molar-refractivity contribution in [1.29, 1.82) is 0 Å². The van der Waals surface area contributed by atoms with Gasteiger partial charge < -0.3 is 15.8 Å². The number of anilines is 3. The van der Waals surface area contributed by atoms with E-state index in [1.54, 1.807) is 30.3 Å². The van der Waals surface area contributed by atoms with Crippen LogP contribution in [0.4, 0.5) is 30.8 Å². The standard InChI is InChI=1S/C19H13ClF3N7O/c20-14-6-3-11(9-13(14)19(21,22)23)26-18-28-16(29-30-18)10-1-4-12(5-2-10)31-15-7-8-25-17(24)27-15/h1-9H,(H2,24,25,27)(H2,26,28,29,30). The van der Waals surface area contributed by atoms with Crippen molar-refractivity contribution >= 4 is 29.2 Å². The number of hydrogen-bond acceptors (Lipinski definition) is 7. The molecule has 0 spiro atoms. The Hall–Kier alpha value is -3.86. The van der Waals surface area contributed by atoms with E-state index in [1.165, 1.54) is 12.3 Å². The van der Waals surface area contributed by atoms with Gasteiger partial charge in [-0.05, 0) is 42.5 Å². The van der Waals surface area contributed by atoms with Crippen LogP contribution in [0.1, 0.15) is 5.56 Å². The minimum absolute atomic E-state index is 0.0962. The first-order valence-electron chi connectivity index (χ1n) is 8.71. The summed E-state index contributed by atoms with van der Waals surface area (Å²) in [5.74, 6) is 1.42. The summed E-state index contributed by atoms with van der Waals surface area (Å²) in [6.07, 6.45) is -3.09. The Morgan fingerprint density at radius 1 is 1.03 bits per heavy atom. The highest BCUT2D eigenvalue weighted by atomic mass is 35.5. The van der Waals surface area contributed by atoms with Crippen molar-refractivity contribution in [2.45, 2.75) is 6.18 Å². The summed E-state index contributed by atoms with van der Waals surface area (Å²) < 4.78 is 44.6. The molecule has 0 fully saturated rings. The predicted octanol–water partition coefficient (Wildman–Crippen LogP) is 5.05. The van der Waals surface area contributed by atoms with Gasteiger partial charge in [-0.15, -0.1) is 5.10 Å². The summed E-state index contributed by atoms with van der Waals surface area (Å²) in [5.41, 5.74) is 5.40. The Morgan fingerprint density at radius 3 is 2.52 bits per heavy atom. The number of halogens is 4. The van der Waals surface area contributed by atoms with E-state index in [2.05, 4.69) is 30.5 Å². The SMILES string of the molecule is Nc1nccc(Oc2ccc(-c3nc(Nc4ccc(Cl)c(C(F)(F)F)c4)n[nH]3)cc2)n1. The van der Waals surface area contributed by atoms with Gasteiger partial charge >= 0.3 is 6.18 Å². The quantitative estimate of drug-likeness (QED) is 0.392. The van der Waals surface area contributed by atoms with Crippen LogP contribution in [0.3, 0.4) is 0 Å². The van der Waals surface area contributed by atoms with Crippen LogP contribution in [0.25, 0.3) is 11.4 Å². The molecule has 0 aliphatic rings. The zero-order chi connectivity index (χ0) is 22.0. The van der Waals surface area contributed by atoms with Crippen molar-refractivity contribution in [2.75, 3.05) is 11.1 Å². The largest absolute Gasteiger partial charge is 0.439 e. The van der Waals surface area contributed by atoms with Crippen molar-refractivity contribution < 1.29 is 17.9 Å². The van der Waals surface area contributed by atoms with E-state index in [9.17, 15) is 13.2 Å². The lowest BCUT2D eigenvalue weighted by Gasteiger charge is -2.10. The number of aromatic nitrogens is 5. The first-order valence-corrected chi connectivity index (χ1v) is 9.09. The van der Waals surface area contributed by atoms with Gasteiger partial charge in [0.1, 0.15) is 5.75 Å². The van der Waals surface area contributed by atoms with E-state index in [1.807, 2.05) is 0 Å². The summed E-state index contributed by atoms with van der Waals surface area (Å²) in [6, 6.07) is 11.9. The van der Waals surface area contributed by atoms with E-state index in [4.69, 9.17) is 22.1 Å². The third-order valence-corrected chi connectivity index (χ3v) is 4.34. The summed E-state index contributed by atoms with van der Waals surface area (Å²) >= 11 is 5.63. The van der Waals surface area contributed by atoms with E-state index in [-0.39, 0.29) is 22.6 Å². The maximum atomic E-state index is 13.0. The maximum Gasteiger partial charge on any atom is 0.417 e. The molecular weight excluding hydrogens is 435 g/mol. The highest BCUT2D eigenvalue weighted by Gasteiger charge is 2.33. The average molecular weight is 448 g/mol. The summed E-state index contributed by atoms with van der Waals surface area (Å²) in [7, 11) is 0. The second kappa shape index (κ2) is 8.11. The third kappa shape index (κ3) is 4.83. The maximum absolute atomic E-state index is 13.0. The number of nitrogens with zero attached hydrogens (tertiary/aromatic N) is 4. The van der Waals surface area contributed by atoms with Crippen molar-refractivity contribution in [3.8, 4) is 23.0 Å². The molecule has 4 rings (SSSR count). The molecule has 8 nitrogen and oxygen atoms in total. The van der Waals surface area contributed by atoms with Crippen LogP contribution in [0.2, 0.25) is 5.02 Å². The Kier molecular flexibility index (Phi) is 5.34. The fourth-order valence-electron chi connectivity index (χ4n) is 2.61. The number of alkyl halides is 3. The summed E-state index contributed by atoms with van der Waals surface area (Å²) in [6.45, 7) is 0. The Balaban J connectivity index is 1.48. The number of H-pyrrole nitrogens is 1. The molecule has 0 saturated carbocycles. The molecule has 0 unspecified atom stereocenters. The predicted molar refractivity (Wildman–Crippen MR) is 108 cm³/mol. The molecule has 2 aromatic carbocycles. The topological polar surface area (TPSA) is 115 Å². The van der Waals surface area contributed by atoms with Gasteiger partial charge in [0, 0.05) is 23.5 Å². The first-order chi connectivity index (χ1) is 14.8. The molecule has 0 atom stereocenters. The van der Waals surface area contributed by atoms with Gasteiger partial charge in [0.25, 0.3) is 0 Å². The van der Waals surface area contributed by atoms with Crippen LogP contribution in [0.5, 0.6) is 11.6 Å². The van der Waals surface area contributed by atoms with E-state index < -0.39 is 11.7 Å². The van der Waals surface area contributed by atoms with Gasteiger partial charge in [-0.2, -0.15) is 23.1 Å². The summed E-state index contributed by atoms with van der Waals surface area (Å²) in [5, 5.41) is 9.04. The number of nitrogens with two attached hydrogens (primary N) is 1. The van der Waals surface area contributed by atoms with E-state index in [0.717, 1.165) is 12.1 Å². The second-order valence-electron chi connectivity index (χ2n) is 6.20. The smallest absolute Gasteiger partial charge is 0.417 e. The number of aromatic amines is 1. The lowest BCUT2D eigenvalue weighted by Crippen LogP contribution is -2.06. The van der Waals surface area contributed by atoms with Gasteiger partial charge in [-0.1, -0.05) is 11.6 Å². The highest BCUT2D eigenvalue weighted by molar-refractivity contribution is 6.31. The zero-order valence-electron chi connectivity index (χ0n) is 15.5. The van der Waals surface area contributed by atoms with Crippen LogP contribution in [-0.4, -0.2) is 25.1 Å². The normalized spacial score (nSPS) is 11.4. The molecule has 0 aliphatic carbocycles. The van der Waals surface area contributed by atoms with Gasteiger partial charge in [-0.25, -0.2) is 4.98 Å². The molecule has 4 aromatic rings. The van der Waals surface area contributed by atoms with Crippen LogP contribution >= 0.6 is 11.6 Å². The fraction of sp³-hybridized carbons (Fsp3) is 0.0526. The lowest BCUT2D eigenvalue weighted by atomic mass is 10.2. The van der Waals surface area contributed by atoms with Gasteiger partial charge in [-0.3, -0.25) is 5.10 Å². The molecular formula is C19H13ClF3N7O. The number of benzene rings is 2. The number of ether oxygens (including phenoxy) is 1. The minimum Gasteiger partial charge on any atom is -0.439 e. The van der Waals surface area contributed by atoms with Crippen molar-refractivity contribution in [3.63, 3.8) is 0 Å². The number of nitrogen functional groups attached to an aromatic ring is 1. The van der Waals surface area contributed by atoms with Gasteiger partial charge in [0.05, 0.1) is 10.6 Å². The molecule has 158 valence electrons. The molecule has 0 aliphatic heterocycles. The van der Waals surface area contributed by atoms with Crippen LogP contribution in [0.15, 0.2) is 54.7 Å². The summed E-state index contributed by atoms with van der Waals surface area (Å²) in [4.78, 5) is 12.0. The van der Waals surface area contributed by atoms with Gasteiger partial charge in [0.2, 0.25) is 17.8 Å². The Bertz CT molecular complexity index is 1210. The third-order valence-electron chi connectivity index (χ3n) is 4.01. The first kappa shape index (κ1) is 20.4. The van der Waals surface area contributed by atoms with Crippen LogP contribution in [-0.2, 0) is 6.18 Å². The fourth-order valence-corrected chi connectivity index (χ4v) is 2.84. The molecule has 2 heterocycles. The van der Waals surface area contributed by atoms with Gasteiger partial charge in [0.15, 0.2) is 5.82 Å². The van der Waals surface area contributed by atoms with Crippen LogP contribution < -0.4 is 15.8 Å². The molecule has 0 saturated heterocycles. The molecule has 0 amide bonds. The molecule has 0 bridgehead atoms. The highest BCUT2D eigenvalue weighted by Crippen LogP contribution is 2.36. The zero-order valence-corrected chi connectivity index (χ0v) is 16.2. The average Bonchev–Trinajstić information content (AvgIpc) is 3.18. The van der Waals surface area contributed by atoms with Crippen LogP contribution in [0, 0.1) is 0 Å². The van der Waals surface area contributed by atoms with Crippen molar-refractivity contribution in [2.24, 2.45) is 0 Å². The number of hydrogen-bond donors (Lipinski definition) is 3. The van der Waals surface area contributed by atoms with E-state index in [0.29, 0.717) is 23.0 Å². The number of nitrogens with one attached hydrogen (secondary N) is 2. The second-order valence-corrected chi connectivity index (χ2v) is 6.61. The number of rotatable bonds is 5. The van der Waals surface area contributed by atoms with Crippen molar-refractivity contribution in [1.82, 2.24) is 25.1 Å². The molecule has 2 aromatic heterocycles. The molecule has 4 N–H and O–H groups in total.